The van der Waals surface area contributed by atoms with Crippen molar-refractivity contribution in [2.24, 2.45) is 0 Å². The highest BCUT2D eigenvalue weighted by Gasteiger charge is 2.32. The van der Waals surface area contributed by atoms with Gasteiger partial charge in [0.05, 0.1) is 13.2 Å². The van der Waals surface area contributed by atoms with Gasteiger partial charge in [-0.1, -0.05) is 32.1 Å². The van der Waals surface area contributed by atoms with Gasteiger partial charge in [0.25, 0.3) is 5.91 Å². The second-order valence-corrected chi connectivity index (χ2v) is 9.06. The molecular weight excluding hydrogens is 332 g/mol. The van der Waals surface area contributed by atoms with E-state index in [1.54, 1.807) is 11.3 Å². The number of carbonyl (C=O) groups is 1. The third-order valence-corrected chi connectivity index (χ3v) is 6.34. The summed E-state index contributed by atoms with van der Waals surface area (Å²) in [5.41, 5.74) is 0.00287. The van der Waals surface area contributed by atoms with Crippen molar-refractivity contribution >= 4 is 34.1 Å². The van der Waals surface area contributed by atoms with E-state index in [0.717, 1.165) is 41.3 Å². The Morgan fingerprint density at radius 3 is 2.61 bits per heavy atom. The molecule has 2 fully saturated rings. The predicted molar refractivity (Wildman–Crippen MR) is 94.5 cm³/mol. The molecule has 0 N–H and O–H groups in total. The SMILES string of the molecule is CC(C)(C)c1nnc(N2CCOC(C(=O)N3CCSCC3)C2)s1. The number of rotatable bonds is 2. The third-order valence-electron chi connectivity index (χ3n) is 3.99. The molecule has 2 aliphatic heterocycles. The lowest BCUT2D eigenvalue weighted by molar-refractivity contribution is -0.144. The summed E-state index contributed by atoms with van der Waals surface area (Å²) in [6.07, 6.45) is -0.381. The molecule has 3 rings (SSSR count). The Kier molecular flexibility index (Phi) is 5.13. The van der Waals surface area contributed by atoms with Crippen LogP contribution >= 0.6 is 23.1 Å². The van der Waals surface area contributed by atoms with E-state index in [-0.39, 0.29) is 17.4 Å². The Morgan fingerprint density at radius 2 is 1.96 bits per heavy atom. The van der Waals surface area contributed by atoms with Crippen LogP contribution in [0, 0.1) is 0 Å². The van der Waals surface area contributed by atoms with Crippen LogP contribution in [-0.4, -0.2) is 71.4 Å². The number of ether oxygens (including phenoxy) is 1. The number of hydrogen-bond donors (Lipinski definition) is 0. The number of thioether (sulfide) groups is 1. The average molecular weight is 357 g/mol. The fourth-order valence-electron chi connectivity index (χ4n) is 2.61. The van der Waals surface area contributed by atoms with Gasteiger partial charge in [0.2, 0.25) is 5.13 Å². The van der Waals surface area contributed by atoms with Crippen LogP contribution in [0.2, 0.25) is 0 Å². The van der Waals surface area contributed by atoms with E-state index in [1.807, 2.05) is 16.7 Å². The van der Waals surface area contributed by atoms with E-state index in [9.17, 15) is 4.79 Å². The van der Waals surface area contributed by atoms with Gasteiger partial charge in [0.1, 0.15) is 5.01 Å². The fraction of sp³-hybridized carbons (Fsp3) is 0.800. The number of amides is 1. The van der Waals surface area contributed by atoms with Crippen LogP contribution in [0.5, 0.6) is 0 Å². The molecular formula is C15H24N4O2S2. The summed E-state index contributed by atoms with van der Waals surface area (Å²) in [5.74, 6) is 2.16. The van der Waals surface area contributed by atoms with Crippen LogP contribution in [0.1, 0.15) is 25.8 Å². The van der Waals surface area contributed by atoms with Crippen LogP contribution in [0.25, 0.3) is 0 Å². The van der Waals surface area contributed by atoms with Gasteiger partial charge in [-0.3, -0.25) is 4.79 Å². The quantitative estimate of drug-likeness (QED) is 0.802. The highest BCUT2D eigenvalue weighted by molar-refractivity contribution is 7.99. The zero-order valence-corrected chi connectivity index (χ0v) is 15.6. The maximum atomic E-state index is 12.6. The molecule has 1 aromatic rings. The molecule has 1 amide bonds. The van der Waals surface area contributed by atoms with Crippen molar-refractivity contribution in [3.8, 4) is 0 Å². The lowest BCUT2D eigenvalue weighted by Crippen LogP contribution is -2.52. The summed E-state index contributed by atoms with van der Waals surface area (Å²) in [7, 11) is 0. The lowest BCUT2D eigenvalue weighted by atomic mass is 9.98. The Balaban J connectivity index is 1.66. The molecule has 2 aliphatic rings. The fourth-order valence-corrected chi connectivity index (χ4v) is 4.45. The highest BCUT2D eigenvalue weighted by Crippen LogP contribution is 2.30. The second-order valence-electron chi connectivity index (χ2n) is 6.88. The molecule has 1 atom stereocenters. The first kappa shape index (κ1) is 17.0. The van der Waals surface area contributed by atoms with E-state index in [0.29, 0.717) is 13.2 Å². The molecule has 2 saturated heterocycles. The molecule has 1 aromatic heterocycles. The van der Waals surface area contributed by atoms with E-state index in [2.05, 4.69) is 35.9 Å². The molecule has 0 spiro atoms. The number of carbonyl (C=O) groups excluding carboxylic acids is 1. The Bertz CT molecular complexity index is 552. The predicted octanol–water partition coefficient (Wildman–Crippen LogP) is 1.62. The van der Waals surface area contributed by atoms with Gasteiger partial charge in [-0.25, -0.2) is 0 Å². The first-order valence-electron chi connectivity index (χ1n) is 8.02. The maximum absolute atomic E-state index is 12.6. The third kappa shape index (κ3) is 3.97. The Morgan fingerprint density at radius 1 is 1.22 bits per heavy atom. The number of nitrogens with zero attached hydrogens (tertiary/aromatic N) is 4. The van der Waals surface area contributed by atoms with Gasteiger partial charge in [-0.15, -0.1) is 10.2 Å². The lowest BCUT2D eigenvalue weighted by Gasteiger charge is -2.35. The average Bonchev–Trinajstić information content (AvgIpc) is 3.05. The van der Waals surface area contributed by atoms with E-state index >= 15 is 0 Å². The van der Waals surface area contributed by atoms with Crippen molar-refractivity contribution in [3.63, 3.8) is 0 Å². The largest absolute Gasteiger partial charge is 0.365 e. The van der Waals surface area contributed by atoms with Gasteiger partial charge in [-0.2, -0.15) is 11.8 Å². The van der Waals surface area contributed by atoms with Gasteiger partial charge in [0.15, 0.2) is 6.10 Å². The van der Waals surface area contributed by atoms with Gasteiger partial charge in [-0.05, 0) is 0 Å². The molecule has 1 unspecified atom stereocenters. The van der Waals surface area contributed by atoms with Gasteiger partial charge < -0.3 is 14.5 Å². The zero-order valence-electron chi connectivity index (χ0n) is 13.9. The maximum Gasteiger partial charge on any atom is 0.253 e. The Labute approximate surface area is 145 Å². The highest BCUT2D eigenvalue weighted by atomic mass is 32.2. The normalized spacial score (nSPS) is 23.2. The number of hydrogen-bond acceptors (Lipinski definition) is 7. The van der Waals surface area contributed by atoms with Gasteiger partial charge in [0, 0.05) is 36.6 Å². The minimum absolute atomic E-state index is 0.00287. The van der Waals surface area contributed by atoms with Crippen molar-refractivity contribution in [2.45, 2.75) is 32.3 Å². The number of aromatic nitrogens is 2. The Hall–Kier alpha value is -0.860. The van der Waals surface area contributed by atoms with Gasteiger partial charge >= 0.3 is 0 Å². The topological polar surface area (TPSA) is 58.6 Å². The van der Waals surface area contributed by atoms with E-state index < -0.39 is 0 Å². The number of morpholine rings is 1. The summed E-state index contributed by atoms with van der Waals surface area (Å²) < 4.78 is 5.74. The van der Waals surface area contributed by atoms with Crippen LogP contribution in [0.4, 0.5) is 5.13 Å². The molecule has 0 aromatic carbocycles. The van der Waals surface area contributed by atoms with Crippen molar-refractivity contribution in [1.82, 2.24) is 15.1 Å². The molecule has 0 radical (unpaired) electrons. The molecule has 0 bridgehead atoms. The van der Waals surface area contributed by atoms with E-state index in [1.165, 1.54) is 0 Å². The molecule has 0 saturated carbocycles. The molecule has 8 heteroatoms. The van der Waals surface area contributed by atoms with Crippen LogP contribution in [0.15, 0.2) is 0 Å². The molecule has 3 heterocycles. The monoisotopic (exact) mass is 356 g/mol. The minimum Gasteiger partial charge on any atom is -0.365 e. The van der Waals surface area contributed by atoms with Crippen LogP contribution in [0.3, 0.4) is 0 Å². The van der Waals surface area contributed by atoms with Crippen LogP contribution in [-0.2, 0) is 14.9 Å². The van der Waals surface area contributed by atoms with Crippen molar-refractivity contribution < 1.29 is 9.53 Å². The smallest absolute Gasteiger partial charge is 0.253 e. The number of anilines is 1. The zero-order chi connectivity index (χ0) is 16.4. The minimum atomic E-state index is -0.381. The van der Waals surface area contributed by atoms with Crippen LogP contribution < -0.4 is 4.90 Å². The summed E-state index contributed by atoms with van der Waals surface area (Å²) in [5, 5.41) is 10.6. The standard InChI is InChI=1S/C15H24N4O2S2/c1-15(2,3)13-16-17-14(23-13)19-4-7-21-11(10-19)12(20)18-5-8-22-9-6-18/h11H,4-10H2,1-3H3. The van der Waals surface area contributed by atoms with E-state index in [4.69, 9.17) is 4.74 Å². The first-order chi connectivity index (χ1) is 10.9. The molecule has 23 heavy (non-hydrogen) atoms. The summed E-state index contributed by atoms with van der Waals surface area (Å²) >= 11 is 3.52. The van der Waals surface area contributed by atoms with Crippen molar-refractivity contribution in [1.29, 1.82) is 0 Å². The summed E-state index contributed by atoms with van der Waals surface area (Å²) in [6.45, 7) is 9.96. The summed E-state index contributed by atoms with van der Waals surface area (Å²) in [6, 6.07) is 0. The van der Waals surface area contributed by atoms with Crippen molar-refractivity contribution in [2.75, 3.05) is 49.2 Å². The molecule has 6 nitrogen and oxygen atoms in total. The second kappa shape index (κ2) is 6.94. The molecule has 128 valence electrons. The molecule has 0 aliphatic carbocycles. The van der Waals surface area contributed by atoms with Crippen molar-refractivity contribution in [3.05, 3.63) is 5.01 Å². The summed E-state index contributed by atoms with van der Waals surface area (Å²) in [4.78, 5) is 16.7. The first-order valence-corrected chi connectivity index (χ1v) is 9.99.